The van der Waals surface area contributed by atoms with E-state index in [2.05, 4.69) is 26.0 Å². The molecular weight excluding hydrogens is 352 g/mol. The molecule has 0 unspecified atom stereocenters. The van der Waals surface area contributed by atoms with Gasteiger partial charge < -0.3 is 4.52 Å². The third-order valence-electron chi connectivity index (χ3n) is 2.93. The van der Waals surface area contributed by atoms with Gasteiger partial charge in [-0.05, 0) is 30.3 Å². The molecule has 0 aliphatic carbocycles. The standard InChI is InChI=1S/C15H11F2N5O2S/c16-11-2-1-10(7-12(11)17)25-8-13(23)20-21-15-19-14(22-24-15)9-3-5-18-6-4-9/h1-7H,8H2,(H,20,23)(H,19,21,22). The maximum Gasteiger partial charge on any atom is 0.340 e. The van der Waals surface area contributed by atoms with Crippen molar-refractivity contribution in [1.82, 2.24) is 20.6 Å². The van der Waals surface area contributed by atoms with Gasteiger partial charge in [-0.1, -0.05) is 5.16 Å². The fourth-order valence-electron chi connectivity index (χ4n) is 1.77. The number of amides is 1. The van der Waals surface area contributed by atoms with Crippen LogP contribution in [-0.4, -0.2) is 26.8 Å². The predicted octanol–water partition coefficient (Wildman–Crippen LogP) is 2.65. The molecule has 0 atom stereocenters. The molecule has 0 saturated carbocycles. The monoisotopic (exact) mass is 363 g/mol. The zero-order valence-electron chi connectivity index (χ0n) is 12.6. The predicted molar refractivity (Wildman–Crippen MR) is 86.4 cm³/mol. The molecule has 0 fully saturated rings. The summed E-state index contributed by atoms with van der Waals surface area (Å²) in [5.41, 5.74) is 5.58. The second-order valence-corrected chi connectivity index (χ2v) is 5.75. The minimum absolute atomic E-state index is 0.0105. The van der Waals surface area contributed by atoms with Gasteiger partial charge in [0.2, 0.25) is 11.7 Å². The van der Waals surface area contributed by atoms with Crippen LogP contribution in [-0.2, 0) is 4.79 Å². The molecule has 3 aromatic rings. The Morgan fingerprint density at radius 3 is 2.72 bits per heavy atom. The molecule has 25 heavy (non-hydrogen) atoms. The maximum absolute atomic E-state index is 13.1. The number of rotatable bonds is 6. The summed E-state index contributed by atoms with van der Waals surface area (Å²) in [5, 5.41) is 3.77. The highest BCUT2D eigenvalue weighted by atomic mass is 32.2. The van der Waals surface area contributed by atoms with Crippen LogP contribution in [0, 0.1) is 11.6 Å². The molecule has 1 amide bonds. The van der Waals surface area contributed by atoms with E-state index in [-0.39, 0.29) is 11.8 Å². The summed E-state index contributed by atoms with van der Waals surface area (Å²) in [4.78, 5) is 20.1. The van der Waals surface area contributed by atoms with Crippen molar-refractivity contribution in [2.75, 3.05) is 11.2 Å². The third-order valence-corrected chi connectivity index (χ3v) is 3.93. The van der Waals surface area contributed by atoms with Crippen molar-refractivity contribution < 1.29 is 18.1 Å². The van der Waals surface area contributed by atoms with Crippen molar-refractivity contribution >= 4 is 23.7 Å². The number of carbonyl (C=O) groups excluding carboxylic acids is 1. The first-order valence-corrected chi connectivity index (χ1v) is 7.97. The van der Waals surface area contributed by atoms with E-state index in [1.807, 2.05) is 0 Å². The average Bonchev–Trinajstić information content (AvgIpc) is 3.11. The number of pyridine rings is 1. The second kappa shape index (κ2) is 7.71. The van der Waals surface area contributed by atoms with E-state index in [0.717, 1.165) is 23.9 Å². The van der Waals surface area contributed by atoms with Crippen molar-refractivity contribution in [2.45, 2.75) is 4.90 Å². The van der Waals surface area contributed by atoms with Crippen LogP contribution in [0.1, 0.15) is 0 Å². The Hall–Kier alpha value is -3.01. The summed E-state index contributed by atoms with van der Waals surface area (Å²) in [7, 11) is 0. The summed E-state index contributed by atoms with van der Waals surface area (Å²) in [6.07, 6.45) is 3.19. The van der Waals surface area contributed by atoms with Crippen molar-refractivity contribution in [3.05, 3.63) is 54.4 Å². The zero-order chi connectivity index (χ0) is 17.6. The van der Waals surface area contributed by atoms with Crippen molar-refractivity contribution in [2.24, 2.45) is 0 Å². The number of aromatic nitrogens is 3. The largest absolute Gasteiger partial charge is 0.340 e. The van der Waals surface area contributed by atoms with Crippen LogP contribution in [0.4, 0.5) is 14.8 Å². The van der Waals surface area contributed by atoms with Crippen molar-refractivity contribution in [1.29, 1.82) is 0 Å². The van der Waals surface area contributed by atoms with Gasteiger partial charge in [0.05, 0.1) is 5.75 Å². The molecule has 0 bridgehead atoms. The Bertz CT molecular complexity index is 875. The first-order chi connectivity index (χ1) is 12.1. The van der Waals surface area contributed by atoms with Crippen LogP contribution in [0.15, 0.2) is 52.1 Å². The van der Waals surface area contributed by atoms with Gasteiger partial charge in [-0.3, -0.25) is 15.2 Å². The quantitative estimate of drug-likeness (QED) is 0.514. The topological polar surface area (TPSA) is 92.9 Å². The van der Waals surface area contributed by atoms with E-state index in [0.29, 0.717) is 16.3 Å². The SMILES string of the molecule is O=C(CSc1ccc(F)c(F)c1)NNc1nc(-c2ccncc2)no1. The lowest BCUT2D eigenvalue weighted by atomic mass is 10.3. The average molecular weight is 363 g/mol. The third kappa shape index (κ3) is 4.51. The molecule has 7 nitrogen and oxygen atoms in total. The Morgan fingerprint density at radius 1 is 1.16 bits per heavy atom. The van der Waals surface area contributed by atoms with Crippen LogP contribution in [0.3, 0.4) is 0 Å². The molecule has 1 aromatic carbocycles. The normalized spacial score (nSPS) is 10.5. The fraction of sp³-hybridized carbons (Fsp3) is 0.0667. The first kappa shape index (κ1) is 16.8. The number of halogens is 2. The van der Waals surface area contributed by atoms with E-state index in [1.165, 1.54) is 6.07 Å². The van der Waals surface area contributed by atoms with E-state index in [1.54, 1.807) is 24.5 Å². The highest BCUT2D eigenvalue weighted by molar-refractivity contribution is 8.00. The van der Waals surface area contributed by atoms with Crippen LogP contribution >= 0.6 is 11.8 Å². The van der Waals surface area contributed by atoms with Gasteiger partial charge in [0.1, 0.15) is 0 Å². The molecule has 10 heteroatoms. The van der Waals surface area contributed by atoms with Gasteiger partial charge in [0.15, 0.2) is 11.6 Å². The number of nitrogens with zero attached hydrogens (tertiary/aromatic N) is 3. The number of hydrogen-bond donors (Lipinski definition) is 2. The molecule has 2 aromatic heterocycles. The van der Waals surface area contributed by atoms with Crippen molar-refractivity contribution in [3.63, 3.8) is 0 Å². The Morgan fingerprint density at radius 2 is 1.96 bits per heavy atom. The van der Waals surface area contributed by atoms with Crippen molar-refractivity contribution in [3.8, 4) is 11.4 Å². The van der Waals surface area contributed by atoms with Gasteiger partial charge in [-0.15, -0.1) is 11.8 Å². The lowest BCUT2D eigenvalue weighted by Crippen LogP contribution is -2.30. The molecule has 3 rings (SSSR count). The smallest absolute Gasteiger partial charge is 0.313 e. The zero-order valence-corrected chi connectivity index (χ0v) is 13.4. The number of benzene rings is 1. The summed E-state index contributed by atoms with van der Waals surface area (Å²) >= 11 is 1.06. The molecule has 0 radical (unpaired) electrons. The van der Waals surface area contributed by atoms with Gasteiger partial charge in [0, 0.05) is 22.9 Å². The van der Waals surface area contributed by atoms with Gasteiger partial charge in [0.25, 0.3) is 0 Å². The molecular formula is C15H11F2N5O2S. The number of hydrazine groups is 1. The number of hydrogen-bond acceptors (Lipinski definition) is 7. The van der Waals surface area contributed by atoms with Crippen LogP contribution in [0.25, 0.3) is 11.4 Å². The lowest BCUT2D eigenvalue weighted by Gasteiger charge is -2.04. The molecule has 0 aliphatic heterocycles. The molecule has 128 valence electrons. The highest BCUT2D eigenvalue weighted by Gasteiger charge is 2.10. The summed E-state index contributed by atoms with van der Waals surface area (Å²) < 4.78 is 30.9. The highest BCUT2D eigenvalue weighted by Crippen LogP contribution is 2.20. The van der Waals surface area contributed by atoms with Gasteiger partial charge in [-0.2, -0.15) is 4.98 Å². The van der Waals surface area contributed by atoms with Crippen LogP contribution in [0.5, 0.6) is 0 Å². The number of carbonyl (C=O) groups is 1. The maximum atomic E-state index is 13.1. The number of anilines is 1. The van der Waals surface area contributed by atoms with E-state index < -0.39 is 17.5 Å². The van der Waals surface area contributed by atoms with E-state index in [9.17, 15) is 13.6 Å². The summed E-state index contributed by atoms with van der Waals surface area (Å²) in [5.74, 6) is -1.97. The molecule has 2 N–H and O–H groups in total. The second-order valence-electron chi connectivity index (χ2n) is 4.70. The number of nitrogens with one attached hydrogen (secondary N) is 2. The summed E-state index contributed by atoms with van der Waals surface area (Å²) in [6, 6.07) is 6.87. The Labute approximate surface area is 144 Å². The molecule has 0 spiro atoms. The van der Waals surface area contributed by atoms with E-state index in [4.69, 9.17) is 4.52 Å². The molecule has 2 heterocycles. The van der Waals surface area contributed by atoms with Crippen LogP contribution in [0.2, 0.25) is 0 Å². The number of thioether (sulfide) groups is 1. The minimum Gasteiger partial charge on any atom is -0.313 e. The fourth-order valence-corrected chi connectivity index (χ4v) is 2.49. The van der Waals surface area contributed by atoms with Gasteiger partial charge >= 0.3 is 6.01 Å². The van der Waals surface area contributed by atoms with E-state index >= 15 is 0 Å². The molecule has 0 aliphatic rings. The van der Waals surface area contributed by atoms with Crippen LogP contribution < -0.4 is 10.9 Å². The Balaban J connectivity index is 1.49. The lowest BCUT2D eigenvalue weighted by molar-refractivity contribution is -0.118. The first-order valence-electron chi connectivity index (χ1n) is 6.98. The molecule has 0 saturated heterocycles. The Kier molecular flexibility index (Phi) is 5.19. The minimum atomic E-state index is -0.960. The van der Waals surface area contributed by atoms with Gasteiger partial charge in [-0.25, -0.2) is 14.2 Å². The summed E-state index contributed by atoms with van der Waals surface area (Å²) in [6.45, 7) is 0.